The molecule has 1 heterocycles. The van der Waals surface area contributed by atoms with Gasteiger partial charge in [0, 0.05) is 39.6 Å². The van der Waals surface area contributed by atoms with Crippen LogP contribution in [0.5, 0.6) is 0 Å². The first kappa shape index (κ1) is 28.4. The van der Waals surface area contributed by atoms with Crippen molar-refractivity contribution in [1.29, 1.82) is 0 Å². The maximum absolute atomic E-state index is 13.4. The highest BCUT2D eigenvalue weighted by Crippen LogP contribution is 2.26. The zero-order chi connectivity index (χ0) is 26.5. The number of aryl methyl sites for hydroxylation is 1. The second-order valence-corrected chi connectivity index (χ2v) is 9.15. The predicted molar refractivity (Wildman–Crippen MR) is 142 cm³/mol. The minimum absolute atomic E-state index is 0.279. The lowest BCUT2D eigenvalue weighted by atomic mass is 10.0. The van der Waals surface area contributed by atoms with Crippen LogP contribution in [-0.2, 0) is 16.0 Å². The minimum Gasteiger partial charge on any atom is -0.481 e. The minimum atomic E-state index is -0.833. The van der Waals surface area contributed by atoms with E-state index in [4.69, 9.17) is 14.6 Å². The Labute approximate surface area is 218 Å². The third-order valence-corrected chi connectivity index (χ3v) is 6.29. The summed E-state index contributed by atoms with van der Waals surface area (Å²) in [5.74, 6) is -1.39. The van der Waals surface area contributed by atoms with Crippen molar-refractivity contribution in [2.45, 2.75) is 25.9 Å². The van der Waals surface area contributed by atoms with Gasteiger partial charge in [-0.1, -0.05) is 54.6 Å². The van der Waals surface area contributed by atoms with Gasteiger partial charge in [-0.05, 0) is 60.3 Å². The zero-order valence-corrected chi connectivity index (χ0v) is 21.4. The van der Waals surface area contributed by atoms with E-state index in [1.807, 2.05) is 0 Å². The van der Waals surface area contributed by atoms with E-state index in [2.05, 4.69) is 40.1 Å². The lowest BCUT2D eigenvalue weighted by Gasteiger charge is -2.35. The van der Waals surface area contributed by atoms with Crippen LogP contribution in [0.25, 0.3) is 0 Å². The number of rotatable bonds is 10. The Morgan fingerprint density at radius 2 is 1.27 bits per heavy atom. The maximum Gasteiger partial charge on any atom is 0.300 e. The van der Waals surface area contributed by atoms with Gasteiger partial charge in [0.25, 0.3) is 5.97 Å². The molecule has 1 aliphatic rings. The highest BCUT2D eigenvalue weighted by Gasteiger charge is 2.19. The molecule has 4 rings (SSSR count). The smallest absolute Gasteiger partial charge is 0.300 e. The first-order valence-corrected chi connectivity index (χ1v) is 12.7. The van der Waals surface area contributed by atoms with Crippen molar-refractivity contribution in [1.82, 2.24) is 9.80 Å². The molecule has 0 bridgehead atoms. The van der Waals surface area contributed by atoms with Crippen molar-refractivity contribution in [2.24, 2.45) is 0 Å². The van der Waals surface area contributed by atoms with E-state index in [1.165, 1.54) is 36.2 Å². The lowest BCUT2D eigenvalue weighted by Crippen LogP contribution is -2.47. The van der Waals surface area contributed by atoms with Crippen LogP contribution >= 0.6 is 0 Å². The number of hydrogen-bond acceptors (Lipinski definition) is 4. The van der Waals surface area contributed by atoms with Gasteiger partial charge >= 0.3 is 0 Å². The first-order valence-electron chi connectivity index (χ1n) is 12.7. The van der Waals surface area contributed by atoms with E-state index >= 15 is 0 Å². The maximum atomic E-state index is 13.4. The number of ether oxygens (including phenoxy) is 1. The highest BCUT2D eigenvalue weighted by atomic mass is 19.1. The molecular formula is C30H36F2N2O3. The zero-order valence-electron chi connectivity index (χ0n) is 21.4. The van der Waals surface area contributed by atoms with Gasteiger partial charge in [0.2, 0.25) is 0 Å². The van der Waals surface area contributed by atoms with Crippen LogP contribution < -0.4 is 0 Å². The summed E-state index contributed by atoms with van der Waals surface area (Å²) in [7, 11) is 0. The van der Waals surface area contributed by atoms with Crippen LogP contribution in [0.3, 0.4) is 0 Å². The molecule has 0 saturated carbocycles. The van der Waals surface area contributed by atoms with Gasteiger partial charge in [-0.25, -0.2) is 8.78 Å². The third kappa shape index (κ3) is 10.4. The van der Waals surface area contributed by atoms with Crippen molar-refractivity contribution < 1.29 is 23.4 Å². The number of carbonyl (C=O) groups is 1. The van der Waals surface area contributed by atoms with Gasteiger partial charge in [-0.15, -0.1) is 0 Å². The number of carboxylic acids is 1. The van der Waals surface area contributed by atoms with Crippen molar-refractivity contribution in [3.63, 3.8) is 0 Å². The summed E-state index contributed by atoms with van der Waals surface area (Å²) in [5, 5.41) is 7.42. The molecule has 0 atom stereocenters. The molecule has 0 aromatic heterocycles. The summed E-state index contributed by atoms with van der Waals surface area (Å²) in [6.07, 6.45) is 1.97. The van der Waals surface area contributed by atoms with Gasteiger partial charge in [0.1, 0.15) is 17.7 Å². The number of nitrogens with zero attached hydrogens (tertiary/aromatic N) is 2. The topological polar surface area (TPSA) is 53.0 Å². The summed E-state index contributed by atoms with van der Waals surface area (Å²) in [5.41, 5.74) is 3.14. The predicted octanol–water partition coefficient (Wildman–Crippen LogP) is 5.41. The summed E-state index contributed by atoms with van der Waals surface area (Å²) >= 11 is 0. The fraction of sp³-hybridized carbons (Fsp3) is 0.367. The molecule has 1 N–H and O–H groups in total. The quantitative estimate of drug-likeness (QED) is 0.395. The number of aliphatic carboxylic acids is 1. The van der Waals surface area contributed by atoms with Crippen LogP contribution in [-0.4, -0.2) is 66.8 Å². The van der Waals surface area contributed by atoms with Crippen molar-refractivity contribution in [3.05, 3.63) is 107 Å². The molecule has 0 unspecified atom stereocenters. The number of carboxylic acid groups (broad SMARTS) is 1. The van der Waals surface area contributed by atoms with Gasteiger partial charge < -0.3 is 14.7 Å². The molecule has 1 saturated heterocycles. The Morgan fingerprint density at radius 1 is 0.811 bits per heavy atom. The summed E-state index contributed by atoms with van der Waals surface area (Å²) < 4.78 is 33.0. The van der Waals surface area contributed by atoms with E-state index in [-0.39, 0.29) is 17.7 Å². The molecule has 0 aliphatic carbocycles. The molecule has 37 heavy (non-hydrogen) atoms. The number of halogens is 2. The van der Waals surface area contributed by atoms with E-state index in [0.29, 0.717) is 6.61 Å². The molecule has 198 valence electrons. The lowest BCUT2D eigenvalue weighted by molar-refractivity contribution is -0.134. The highest BCUT2D eigenvalue weighted by molar-refractivity contribution is 5.62. The number of hydrogen-bond donors (Lipinski definition) is 1. The largest absolute Gasteiger partial charge is 0.481 e. The fourth-order valence-electron chi connectivity index (χ4n) is 4.35. The normalized spacial score (nSPS) is 14.3. The molecule has 0 radical (unpaired) electrons. The van der Waals surface area contributed by atoms with Crippen LogP contribution in [0.4, 0.5) is 8.78 Å². The molecule has 5 nitrogen and oxygen atoms in total. The van der Waals surface area contributed by atoms with Gasteiger partial charge in [0.05, 0.1) is 6.61 Å². The van der Waals surface area contributed by atoms with Gasteiger partial charge in [-0.3, -0.25) is 9.69 Å². The number of benzene rings is 3. The van der Waals surface area contributed by atoms with Crippen molar-refractivity contribution >= 4 is 5.97 Å². The average Bonchev–Trinajstić information content (AvgIpc) is 2.89. The molecule has 1 fully saturated rings. The average molecular weight is 511 g/mol. The van der Waals surface area contributed by atoms with Gasteiger partial charge in [0.15, 0.2) is 0 Å². The Kier molecular flexibility index (Phi) is 11.7. The SMILES string of the molecule is CC(=O)O.Fc1ccc(C(OCCN2CCN(CCCc3ccccc3)CC2)c2ccc(F)cc2)cc1. The van der Waals surface area contributed by atoms with Crippen LogP contribution in [0.15, 0.2) is 78.9 Å². The van der Waals surface area contributed by atoms with Gasteiger partial charge in [-0.2, -0.15) is 0 Å². The third-order valence-electron chi connectivity index (χ3n) is 6.29. The fourth-order valence-corrected chi connectivity index (χ4v) is 4.35. The van der Waals surface area contributed by atoms with E-state index in [1.54, 1.807) is 24.3 Å². The molecular weight excluding hydrogens is 474 g/mol. The monoisotopic (exact) mass is 510 g/mol. The Hall–Kier alpha value is -3.13. The summed E-state index contributed by atoms with van der Waals surface area (Å²) in [6.45, 7) is 7.85. The Bertz CT molecular complexity index is 1000. The van der Waals surface area contributed by atoms with E-state index in [0.717, 1.165) is 63.7 Å². The summed E-state index contributed by atoms with van der Waals surface area (Å²) in [6, 6.07) is 23.3. The molecule has 7 heteroatoms. The molecule has 3 aromatic carbocycles. The molecule has 1 aliphatic heterocycles. The van der Waals surface area contributed by atoms with Crippen LogP contribution in [0, 0.1) is 11.6 Å². The van der Waals surface area contributed by atoms with Crippen molar-refractivity contribution in [3.8, 4) is 0 Å². The molecule has 3 aromatic rings. The van der Waals surface area contributed by atoms with Crippen LogP contribution in [0.1, 0.15) is 36.1 Å². The molecule has 0 amide bonds. The number of piperazine rings is 1. The second kappa shape index (κ2) is 15.2. The van der Waals surface area contributed by atoms with Crippen LogP contribution in [0.2, 0.25) is 0 Å². The standard InChI is InChI=1S/C28H32F2N2O.C2H4O2/c29-26-12-8-24(9-13-26)28(25-10-14-27(30)15-11-25)33-22-21-32-19-17-31(18-20-32)16-4-7-23-5-2-1-3-6-23;1-2(3)4/h1-3,5-6,8-15,28H,4,7,16-22H2;1H3,(H,3,4). The van der Waals surface area contributed by atoms with E-state index < -0.39 is 5.97 Å². The molecule has 0 spiro atoms. The Balaban J connectivity index is 0.000000886. The second-order valence-electron chi connectivity index (χ2n) is 9.15. The first-order chi connectivity index (χ1) is 17.9. The Morgan fingerprint density at radius 3 is 1.76 bits per heavy atom. The van der Waals surface area contributed by atoms with E-state index in [9.17, 15) is 8.78 Å². The summed E-state index contributed by atoms with van der Waals surface area (Å²) in [4.78, 5) is 14.0. The van der Waals surface area contributed by atoms with Crippen molar-refractivity contribution in [2.75, 3.05) is 45.9 Å².